The van der Waals surface area contributed by atoms with Gasteiger partial charge in [-0.1, -0.05) is 33.1 Å². The van der Waals surface area contributed by atoms with E-state index < -0.39 is 4.92 Å². The molecular formula is C27H39N7O4. The second kappa shape index (κ2) is 17.4. The molecular weight excluding hydrogens is 486 g/mol. The molecule has 0 aliphatic rings. The number of hydrogen-bond donors (Lipinski definition) is 4. The van der Waals surface area contributed by atoms with Gasteiger partial charge in [0.05, 0.1) is 16.3 Å². The van der Waals surface area contributed by atoms with Crippen LogP contribution >= 0.6 is 0 Å². The zero-order chi connectivity index (χ0) is 27.6. The fraction of sp³-hybridized carbons (Fsp3) is 0.481. The maximum absolute atomic E-state index is 12.1. The van der Waals surface area contributed by atoms with Crippen molar-refractivity contribution in [3.8, 4) is 0 Å². The Bertz CT molecular complexity index is 1030. The van der Waals surface area contributed by atoms with Crippen LogP contribution in [-0.2, 0) is 0 Å². The van der Waals surface area contributed by atoms with E-state index in [0.29, 0.717) is 36.1 Å². The summed E-state index contributed by atoms with van der Waals surface area (Å²) in [6.45, 7) is 6.20. The van der Waals surface area contributed by atoms with E-state index in [1.54, 1.807) is 24.3 Å². The molecule has 4 amide bonds. The molecule has 206 valence electrons. The summed E-state index contributed by atoms with van der Waals surface area (Å²) in [5, 5.41) is 30.3. The number of nitro groups is 1. The quantitative estimate of drug-likeness (QED) is 0.0823. The predicted octanol–water partition coefficient (Wildman–Crippen LogP) is 6.82. The normalized spacial score (nSPS) is 11.6. The van der Waals surface area contributed by atoms with Gasteiger partial charge >= 0.3 is 12.1 Å². The molecule has 2 aromatic carbocycles. The fourth-order valence-electron chi connectivity index (χ4n) is 3.62. The highest BCUT2D eigenvalue weighted by molar-refractivity contribution is 5.89. The van der Waals surface area contributed by atoms with Gasteiger partial charge in [-0.2, -0.15) is 10.2 Å². The van der Waals surface area contributed by atoms with Gasteiger partial charge in [0, 0.05) is 37.5 Å². The first-order valence-corrected chi connectivity index (χ1v) is 13.2. The SMILES string of the molecule is CCCCC(CC)CNC(=O)NCCCCCNC(=O)Nc1ccc(N=Nc2ccc([N+](=O)[O-])cc2)cc1. The Morgan fingerprint density at radius 2 is 1.39 bits per heavy atom. The second-order valence-corrected chi connectivity index (χ2v) is 9.02. The summed E-state index contributed by atoms with van der Waals surface area (Å²) in [6.07, 6.45) is 7.15. The minimum Gasteiger partial charge on any atom is -0.338 e. The van der Waals surface area contributed by atoms with E-state index in [0.717, 1.165) is 38.6 Å². The van der Waals surface area contributed by atoms with Crippen LogP contribution < -0.4 is 21.3 Å². The molecule has 0 radical (unpaired) electrons. The van der Waals surface area contributed by atoms with E-state index in [2.05, 4.69) is 45.3 Å². The monoisotopic (exact) mass is 525 g/mol. The van der Waals surface area contributed by atoms with Gasteiger partial charge in [0.2, 0.25) is 0 Å². The molecule has 38 heavy (non-hydrogen) atoms. The van der Waals surface area contributed by atoms with Gasteiger partial charge < -0.3 is 21.3 Å². The van der Waals surface area contributed by atoms with Crippen LogP contribution in [0, 0.1) is 16.0 Å². The van der Waals surface area contributed by atoms with E-state index in [9.17, 15) is 19.7 Å². The van der Waals surface area contributed by atoms with Gasteiger partial charge in [0.1, 0.15) is 0 Å². The average Bonchev–Trinajstić information content (AvgIpc) is 2.92. The number of non-ortho nitro benzene ring substituents is 1. The van der Waals surface area contributed by atoms with Crippen molar-refractivity contribution in [2.75, 3.05) is 25.0 Å². The Morgan fingerprint density at radius 1 is 0.816 bits per heavy atom. The van der Waals surface area contributed by atoms with E-state index in [1.165, 1.54) is 37.1 Å². The number of unbranched alkanes of at least 4 members (excludes halogenated alkanes) is 3. The smallest absolute Gasteiger partial charge is 0.319 e. The molecule has 1 unspecified atom stereocenters. The summed E-state index contributed by atoms with van der Waals surface area (Å²) in [5.74, 6) is 0.538. The molecule has 4 N–H and O–H groups in total. The molecule has 0 spiro atoms. The van der Waals surface area contributed by atoms with Crippen molar-refractivity contribution in [2.45, 2.75) is 58.8 Å². The van der Waals surface area contributed by atoms with Gasteiger partial charge in [-0.15, -0.1) is 0 Å². The lowest BCUT2D eigenvalue weighted by molar-refractivity contribution is -0.384. The van der Waals surface area contributed by atoms with Crippen molar-refractivity contribution >= 4 is 34.8 Å². The van der Waals surface area contributed by atoms with Gasteiger partial charge in [-0.3, -0.25) is 10.1 Å². The lowest BCUT2D eigenvalue weighted by Gasteiger charge is -2.15. The third-order valence-corrected chi connectivity index (χ3v) is 5.99. The standard InChI is InChI=1S/C27H39N7O4/c1-3-5-9-21(4-2)20-30-26(35)28-18-7-6-8-19-29-27(36)31-22-10-12-23(13-11-22)32-33-24-14-16-25(17-15-24)34(37)38/h10-17,21H,3-9,18-20H2,1-2H3,(H2,28,30,35)(H2,29,31,36). The third-order valence-electron chi connectivity index (χ3n) is 5.99. The first-order valence-electron chi connectivity index (χ1n) is 13.2. The average molecular weight is 526 g/mol. The number of azo groups is 1. The van der Waals surface area contributed by atoms with Crippen molar-refractivity contribution in [2.24, 2.45) is 16.1 Å². The van der Waals surface area contributed by atoms with Crippen molar-refractivity contribution in [3.05, 3.63) is 58.6 Å². The van der Waals surface area contributed by atoms with Crippen LogP contribution in [0.5, 0.6) is 0 Å². The molecule has 11 nitrogen and oxygen atoms in total. The van der Waals surface area contributed by atoms with Gasteiger partial charge in [0.15, 0.2) is 0 Å². The zero-order valence-electron chi connectivity index (χ0n) is 22.2. The second-order valence-electron chi connectivity index (χ2n) is 9.02. The van der Waals surface area contributed by atoms with Gasteiger partial charge in [-0.05, 0) is 68.0 Å². The van der Waals surface area contributed by atoms with Crippen LogP contribution in [0.15, 0.2) is 58.8 Å². The zero-order valence-corrected chi connectivity index (χ0v) is 22.2. The Hall–Kier alpha value is -4.02. The Kier molecular flexibility index (Phi) is 13.9. The lowest BCUT2D eigenvalue weighted by Crippen LogP contribution is -2.38. The number of nitrogens with zero attached hydrogens (tertiary/aromatic N) is 3. The molecule has 0 aliphatic carbocycles. The first kappa shape index (κ1) is 30.2. The molecule has 0 heterocycles. The Labute approximate surface area is 224 Å². The summed E-state index contributed by atoms with van der Waals surface area (Å²) < 4.78 is 0. The van der Waals surface area contributed by atoms with Crippen LogP contribution in [0.1, 0.15) is 58.8 Å². The molecule has 0 saturated heterocycles. The van der Waals surface area contributed by atoms with E-state index in [4.69, 9.17) is 0 Å². The lowest BCUT2D eigenvalue weighted by atomic mass is 9.99. The van der Waals surface area contributed by atoms with Gasteiger partial charge in [0.25, 0.3) is 5.69 Å². The Morgan fingerprint density at radius 3 is 1.95 bits per heavy atom. The molecule has 2 aromatic rings. The number of rotatable bonds is 16. The van der Waals surface area contributed by atoms with Crippen LogP contribution in [-0.4, -0.2) is 36.6 Å². The molecule has 1 atom stereocenters. The van der Waals surface area contributed by atoms with E-state index in [1.807, 2.05) is 0 Å². The number of nitrogens with one attached hydrogen (secondary N) is 4. The van der Waals surface area contributed by atoms with Gasteiger partial charge in [-0.25, -0.2) is 9.59 Å². The van der Waals surface area contributed by atoms with Crippen LogP contribution in [0.4, 0.5) is 32.3 Å². The number of anilines is 1. The highest BCUT2D eigenvalue weighted by atomic mass is 16.6. The highest BCUT2D eigenvalue weighted by Gasteiger charge is 2.08. The summed E-state index contributed by atoms with van der Waals surface area (Å²) in [5.41, 5.74) is 1.69. The number of nitro benzene ring substituents is 1. The topological polar surface area (TPSA) is 150 Å². The molecule has 11 heteroatoms. The summed E-state index contributed by atoms with van der Waals surface area (Å²) in [7, 11) is 0. The minimum absolute atomic E-state index is 0.00687. The number of amides is 4. The molecule has 2 rings (SSSR count). The fourth-order valence-corrected chi connectivity index (χ4v) is 3.62. The van der Waals surface area contributed by atoms with Crippen LogP contribution in [0.3, 0.4) is 0 Å². The predicted molar refractivity (Wildman–Crippen MR) is 149 cm³/mol. The summed E-state index contributed by atoms with van der Waals surface area (Å²) in [4.78, 5) is 34.3. The number of carbonyl (C=O) groups is 2. The number of carbonyl (C=O) groups excluding carboxylic acids is 2. The third kappa shape index (κ3) is 12.3. The number of urea groups is 2. The van der Waals surface area contributed by atoms with Crippen molar-refractivity contribution < 1.29 is 14.5 Å². The maximum atomic E-state index is 12.1. The molecule has 0 fully saturated rings. The van der Waals surface area contributed by atoms with Crippen LogP contribution in [0.2, 0.25) is 0 Å². The molecule has 0 bridgehead atoms. The van der Waals surface area contributed by atoms with E-state index in [-0.39, 0.29) is 17.7 Å². The maximum Gasteiger partial charge on any atom is 0.319 e. The Balaban J connectivity index is 1.56. The largest absolute Gasteiger partial charge is 0.338 e. The first-order chi connectivity index (χ1) is 18.4. The minimum atomic E-state index is -0.471. The van der Waals surface area contributed by atoms with Crippen molar-refractivity contribution in [1.29, 1.82) is 0 Å². The molecule has 0 saturated carbocycles. The van der Waals surface area contributed by atoms with Crippen molar-refractivity contribution in [3.63, 3.8) is 0 Å². The highest BCUT2D eigenvalue weighted by Crippen LogP contribution is 2.22. The summed E-state index contributed by atoms with van der Waals surface area (Å²) >= 11 is 0. The van der Waals surface area contributed by atoms with E-state index >= 15 is 0 Å². The van der Waals surface area contributed by atoms with Crippen LogP contribution in [0.25, 0.3) is 0 Å². The summed E-state index contributed by atoms with van der Waals surface area (Å²) in [6, 6.07) is 12.2. The number of hydrogen-bond acceptors (Lipinski definition) is 6. The molecule has 0 aromatic heterocycles. The van der Waals surface area contributed by atoms with Crippen molar-refractivity contribution in [1.82, 2.24) is 16.0 Å². The number of benzene rings is 2. The molecule has 0 aliphatic heterocycles.